The average molecular weight is 335 g/mol. The lowest BCUT2D eigenvalue weighted by Gasteiger charge is -2.18. The van der Waals surface area contributed by atoms with Crippen LogP contribution in [0.3, 0.4) is 0 Å². The van der Waals surface area contributed by atoms with Gasteiger partial charge in [0.2, 0.25) is 10.0 Å². The molecular weight excluding hydrogens is 314 g/mol. The van der Waals surface area contributed by atoms with Crippen LogP contribution in [-0.2, 0) is 10.0 Å². The highest BCUT2D eigenvalue weighted by molar-refractivity contribution is 7.89. The van der Waals surface area contributed by atoms with Crippen molar-refractivity contribution in [2.75, 3.05) is 14.2 Å². The summed E-state index contributed by atoms with van der Waals surface area (Å²) in [5, 5.41) is 0. The van der Waals surface area contributed by atoms with Gasteiger partial charge in [-0.1, -0.05) is 17.7 Å². The van der Waals surface area contributed by atoms with Crippen LogP contribution in [0.4, 0.5) is 0 Å². The Morgan fingerprint density at radius 3 is 2.22 bits per heavy atom. The number of methoxy groups -OCH3 is 2. The molecule has 0 spiro atoms. The average Bonchev–Trinajstić information content (AvgIpc) is 2.54. The van der Waals surface area contributed by atoms with Crippen molar-refractivity contribution < 1.29 is 17.9 Å². The zero-order chi connectivity index (χ0) is 17.0. The van der Waals surface area contributed by atoms with Gasteiger partial charge in [-0.3, -0.25) is 0 Å². The summed E-state index contributed by atoms with van der Waals surface area (Å²) in [7, 11) is -0.505. The molecule has 23 heavy (non-hydrogen) atoms. The predicted octanol–water partition coefficient (Wildman–Crippen LogP) is 3.05. The van der Waals surface area contributed by atoms with Gasteiger partial charge in [-0.15, -0.1) is 0 Å². The normalized spacial score (nSPS) is 12.7. The van der Waals surface area contributed by atoms with E-state index in [4.69, 9.17) is 9.47 Å². The maximum atomic E-state index is 12.5. The summed E-state index contributed by atoms with van der Waals surface area (Å²) >= 11 is 0. The number of hydrogen-bond acceptors (Lipinski definition) is 4. The third-order valence-electron chi connectivity index (χ3n) is 3.57. The SMILES string of the molecule is COc1ccc(OC)c([C@H](C)NS(=O)(=O)c2ccc(C)cc2)c1. The minimum Gasteiger partial charge on any atom is -0.497 e. The van der Waals surface area contributed by atoms with Gasteiger partial charge in [-0.2, -0.15) is 0 Å². The Bertz CT molecular complexity index is 770. The van der Waals surface area contributed by atoms with E-state index in [9.17, 15) is 8.42 Å². The molecule has 1 N–H and O–H groups in total. The standard InChI is InChI=1S/C17H21NO4S/c1-12-5-8-15(9-6-12)23(19,20)18-13(2)16-11-14(21-3)7-10-17(16)22-4/h5-11,13,18H,1-4H3/t13-/m0/s1. The summed E-state index contributed by atoms with van der Waals surface area (Å²) in [6, 6.07) is 11.5. The first-order valence-corrected chi connectivity index (χ1v) is 8.66. The van der Waals surface area contributed by atoms with Crippen molar-refractivity contribution in [3.05, 3.63) is 53.6 Å². The molecule has 0 saturated carbocycles. The zero-order valence-corrected chi connectivity index (χ0v) is 14.5. The lowest BCUT2D eigenvalue weighted by atomic mass is 10.1. The van der Waals surface area contributed by atoms with Gasteiger partial charge in [0.15, 0.2) is 0 Å². The molecule has 0 amide bonds. The molecule has 0 radical (unpaired) electrons. The van der Waals surface area contributed by atoms with Gasteiger partial charge in [0.1, 0.15) is 11.5 Å². The Morgan fingerprint density at radius 2 is 1.65 bits per heavy atom. The van der Waals surface area contributed by atoms with E-state index in [0.717, 1.165) is 5.56 Å². The maximum Gasteiger partial charge on any atom is 0.241 e. The lowest BCUT2D eigenvalue weighted by Crippen LogP contribution is -2.27. The van der Waals surface area contributed by atoms with Crippen molar-refractivity contribution in [1.29, 1.82) is 0 Å². The zero-order valence-electron chi connectivity index (χ0n) is 13.7. The molecule has 0 fully saturated rings. The van der Waals surface area contributed by atoms with Crippen LogP contribution in [0, 0.1) is 6.92 Å². The van der Waals surface area contributed by atoms with Gasteiger partial charge in [0, 0.05) is 11.6 Å². The summed E-state index contributed by atoms with van der Waals surface area (Å²) in [6.45, 7) is 3.68. The summed E-state index contributed by atoms with van der Waals surface area (Å²) in [6.07, 6.45) is 0. The fourth-order valence-corrected chi connectivity index (χ4v) is 3.48. The van der Waals surface area contributed by atoms with Crippen LogP contribution in [0.2, 0.25) is 0 Å². The minimum absolute atomic E-state index is 0.233. The number of sulfonamides is 1. The molecule has 0 bridgehead atoms. The molecule has 2 rings (SSSR count). The quantitative estimate of drug-likeness (QED) is 0.881. The fraction of sp³-hybridized carbons (Fsp3) is 0.294. The van der Waals surface area contributed by atoms with E-state index in [1.807, 2.05) is 6.92 Å². The molecule has 0 saturated heterocycles. The first kappa shape index (κ1) is 17.3. The third-order valence-corrected chi connectivity index (χ3v) is 5.12. The molecule has 0 unspecified atom stereocenters. The molecule has 0 heterocycles. The van der Waals surface area contributed by atoms with E-state index >= 15 is 0 Å². The third kappa shape index (κ3) is 4.03. The smallest absolute Gasteiger partial charge is 0.241 e. The predicted molar refractivity (Wildman–Crippen MR) is 89.5 cm³/mol. The van der Waals surface area contributed by atoms with Gasteiger partial charge < -0.3 is 9.47 Å². The van der Waals surface area contributed by atoms with Gasteiger partial charge in [-0.25, -0.2) is 13.1 Å². The van der Waals surface area contributed by atoms with Crippen LogP contribution >= 0.6 is 0 Å². The highest BCUT2D eigenvalue weighted by atomic mass is 32.2. The molecule has 2 aromatic carbocycles. The first-order chi connectivity index (χ1) is 10.9. The molecular formula is C17H21NO4S. The van der Waals surface area contributed by atoms with Gasteiger partial charge in [0.05, 0.1) is 19.1 Å². The van der Waals surface area contributed by atoms with Crippen LogP contribution < -0.4 is 14.2 Å². The van der Waals surface area contributed by atoms with Crippen LogP contribution in [0.1, 0.15) is 24.1 Å². The summed E-state index contributed by atoms with van der Waals surface area (Å²) < 4.78 is 38.2. The molecule has 6 heteroatoms. The van der Waals surface area contributed by atoms with Crippen LogP contribution in [-0.4, -0.2) is 22.6 Å². The maximum absolute atomic E-state index is 12.5. The second-order valence-electron chi connectivity index (χ2n) is 5.26. The van der Waals surface area contributed by atoms with E-state index in [-0.39, 0.29) is 4.90 Å². The van der Waals surface area contributed by atoms with E-state index in [1.165, 1.54) is 0 Å². The van der Waals surface area contributed by atoms with Crippen LogP contribution in [0.15, 0.2) is 47.4 Å². The van der Waals surface area contributed by atoms with Crippen molar-refractivity contribution in [3.63, 3.8) is 0 Å². The summed E-state index contributed by atoms with van der Waals surface area (Å²) in [5.41, 5.74) is 1.72. The van der Waals surface area contributed by atoms with E-state index < -0.39 is 16.1 Å². The van der Waals surface area contributed by atoms with Crippen molar-refractivity contribution in [1.82, 2.24) is 4.72 Å². The monoisotopic (exact) mass is 335 g/mol. The Kier molecular flexibility index (Phi) is 5.28. The molecule has 0 aliphatic heterocycles. The molecule has 0 aliphatic carbocycles. The van der Waals surface area contributed by atoms with Crippen LogP contribution in [0.25, 0.3) is 0 Å². The highest BCUT2D eigenvalue weighted by Crippen LogP contribution is 2.30. The first-order valence-electron chi connectivity index (χ1n) is 7.18. The molecule has 0 aromatic heterocycles. The van der Waals surface area contributed by atoms with E-state index in [1.54, 1.807) is 63.6 Å². The summed E-state index contributed by atoms with van der Waals surface area (Å²) in [5.74, 6) is 1.24. The number of benzene rings is 2. The highest BCUT2D eigenvalue weighted by Gasteiger charge is 2.21. The second kappa shape index (κ2) is 7.02. The van der Waals surface area contributed by atoms with Crippen LogP contribution in [0.5, 0.6) is 11.5 Å². The van der Waals surface area contributed by atoms with Crippen molar-refractivity contribution in [2.24, 2.45) is 0 Å². The molecule has 0 aliphatic rings. The Balaban J connectivity index is 2.30. The Morgan fingerprint density at radius 1 is 1.00 bits per heavy atom. The van der Waals surface area contributed by atoms with Gasteiger partial charge in [-0.05, 0) is 44.2 Å². The summed E-state index contributed by atoms with van der Waals surface area (Å²) in [4.78, 5) is 0.233. The number of nitrogens with one attached hydrogen (secondary N) is 1. The van der Waals surface area contributed by atoms with Gasteiger partial charge in [0.25, 0.3) is 0 Å². The number of ether oxygens (including phenoxy) is 2. The van der Waals surface area contributed by atoms with Crippen molar-refractivity contribution in [3.8, 4) is 11.5 Å². The van der Waals surface area contributed by atoms with E-state index in [2.05, 4.69) is 4.72 Å². The molecule has 1 atom stereocenters. The van der Waals surface area contributed by atoms with Crippen molar-refractivity contribution >= 4 is 10.0 Å². The Labute approximate surface area is 137 Å². The van der Waals surface area contributed by atoms with E-state index in [0.29, 0.717) is 17.1 Å². The topological polar surface area (TPSA) is 64.6 Å². The van der Waals surface area contributed by atoms with Crippen molar-refractivity contribution in [2.45, 2.75) is 24.8 Å². The fourth-order valence-electron chi connectivity index (χ4n) is 2.26. The molecule has 124 valence electrons. The number of aryl methyl sites for hydroxylation is 1. The second-order valence-corrected chi connectivity index (χ2v) is 6.98. The lowest BCUT2D eigenvalue weighted by molar-refractivity contribution is 0.395. The molecule has 2 aromatic rings. The molecule has 5 nitrogen and oxygen atoms in total. The number of hydrogen-bond donors (Lipinski definition) is 1. The largest absolute Gasteiger partial charge is 0.497 e. The van der Waals surface area contributed by atoms with Gasteiger partial charge >= 0.3 is 0 Å². The number of rotatable bonds is 6. The Hall–Kier alpha value is -2.05. The minimum atomic E-state index is -3.62.